The first-order valence-corrected chi connectivity index (χ1v) is 6.00. The molecule has 0 spiro atoms. The van der Waals surface area contributed by atoms with Crippen molar-refractivity contribution in [2.24, 2.45) is 0 Å². The zero-order valence-corrected chi connectivity index (χ0v) is 9.94. The van der Waals surface area contributed by atoms with Crippen molar-refractivity contribution >= 4 is 17.5 Å². The maximum absolute atomic E-state index is 11.5. The molecule has 1 aliphatic rings. The van der Waals surface area contributed by atoms with Crippen molar-refractivity contribution in [2.75, 3.05) is 5.88 Å². The summed E-state index contributed by atoms with van der Waals surface area (Å²) in [6.07, 6.45) is -1.60. The molecular formula is C12H14ClNO3. The van der Waals surface area contributed by atoms with Gasteiger partial charge in [0.25, 0.3) is 5.91 Å². The van der Waals surface area contributed by atoms with Gasteiger partial charge in [0.1, 0.15) is 6.10 Å². The minimum absolute atomic E-state index is 0.138. The Morgan fingerprint density at radius 1 is 1.41 bits per heavy atom. The Morgan fingerprint density at radius 2 is 2.18 bits per heavy atom. The minimum Gasteiger partial charge on any atom is -0.390 e. The molecule has 92 valence electrons. The van der Waals surface area contributed by atoms with E-state index in [0.29, 0.717) is 24.1 Å². The number of carbonyl (C=O) groups excluding carboxylic acids is 1. The van der Waals surface area contributed by atoms with Crippen LogP contribution < -0.4 is 5.32 Å². The van der Waals surface area contributed by atoms with Crippen LogP contribution in [0.4, 0.5) is 0 Å². The van der Waals surface area contributed by atoms with Crippen LogP contribution in [0.25, 0.3) is 0 Å². The number of rotatable bonds is 4. The second kappa shape index (κ2) is 5.04. The molecular weight excluding hydrogens is 242 g/mol. The molecule has 0 aromatic heterocycles. The van der Waals surface area contributed by atoms with E-state index in [-0.39, 0.29) is 11.8 Å². The maximum atomic E-state index is 11.5. The molecule has 5 heteroatoms. The van der Waals surface area contributed by atoms with Crippen molar-refractivity contribution in [1.82, 2.24) is 5.32 Å². The summed E-state index contributed by atoms with van der Waals surface area (Å²) in [6, 6.07) is 5.14. The number of aliphatic hydroxyl groups is 2. The van der Waals surface area contributed by atoms with Gasteiger partial charge in [-0.15, -0.1) is 11.6 Å². The molecule has 0 saturated heterocycles. The van der Waals surface area contributed by atoms with Gasteiger partial charge in [0, 0.05) is 18.0 Å². The molecule has 0 bridgehead atoms. The summed E-state index contributed by atoms with van der Waals surface area (Å²) in [5, 5.41) is 22.2. The molecule has 1 aromatic rings. The number of amides is 1. The zero-order valence-electron chi connectivity index (χ0n) is 9.19. The van der Waals surface area contributed by atoms with E-state index in [0.717, 1.165) is 5.56 Å². The predicted molar refractivity (Wildman–Crippen MR) is 63.9 cm³/mol. The highest BCUT2D eigenvalue weighted by Crippen LogP contribution is 2.24. The number of halogens is 1. The standard InChI is InChI=1S/C12H14ClNO3/c13-4-3-10(15)11(16)7-1-2-8-6-14-12(17)9(8)5-7/h1-2,5,10-11,15-16H,3-4,6H2,(H,14,17). The lowest BCUT2D eigenvalue weighted by Crippen LogP contribution is -2.19. The molecule has 0 radical (unpaired) electrons. The van der Waals surface area contributed by atoms with E-state index in [1.165, 1.54) is 0 Å². The highest BCUT2D eigenvalue weighted by Gasteiger charge is 2.23. The summed E-state index contributed by atoms with van der Waals surface area (Å²) in [6.45, 7) is 0.523. The van der Waals surface area contributed by atoms with Crippen LogP contribution in [-0.4, -0.2) is 28.1 Å². The molecule has 0 saturated carbocycles. The molecule has 17 heavy (non-hydrogen) atoms. The second-order valence-electron chi connectivity index (χ2n) is 4.09. The number of carbonyl (C=O) groups is 1. The largest absolute Gasteiger partial charge is 0.390 e. The van der Waals surface area contributed by atoms with Crippen LogP contribution in [0.15, 0.2) is 18.2 Å². The Balaban J connectivity index is 2.22. The van der Waals surface area contributed by atoms with Crippen LogP contribution in [0.5, 0.6) is 0 Å². The summed E-state index contributed by atoms with van der Waals surface area (Å²) < 4.78 is 0. The lowest BCUT2D eigenvalue weighted by molar-refractivity contribution is 0.0169. The normalized spacial score (nSPS) is 17.5. The Hall–Kier alpha value is -1.10. The smallest absolute Gasteiger partial charge is 0.251 e. The van der Waals surface area contributed by atoms with Crippen molar-refractivity contribution in [2.45, 2.75) is 25.2 Å². The fourth-order valence-corrected chi connectivity index (χ4v) is 2.13. The first kappa shape index (κ1) is 12.4. The van der Waals surface area contributed by atoms with Gasteiger partial charge in [-0.05, 0) is 23.6 Å². The van der Waals surface area contributed by atoms with E-state index >= 15 is 0 Å². The van der Waals surface area contributed by atoms with Crippen molar-refractivity contribution in [1.29, 1.82) is 0 Å². The molecule has 1 aromatic carbocycles. The van der Waals surface area contributed by atoms with E-state index in [4.69, 9.17) is 11.6 Å². The van der Waals surface area contributed by atoms with Gasteiger partial charge >= 0.3 is 0 Å². The number of hydrogen-bond donors (Lipinski definition) is 3. The van der Waals surface area contributed by atoms with Crippen LogP contribution in [0.1, 0.15) is 34.0 Å². The number of aliphatic hydroxyl groups excluding tert-OH is 2. The van der Waals surface area contributed by atoms with Crippen molar-refractivity contribution in [3.8, 4) is 0 Å². The fraction of sp³-hybridized carbons (Fsp3) is 0.417. The van der Waals surface area contributed by atoms with Crippen LogP contribution in [0.2, 0.25) is 0 Å². The number of alkyl halides is 1. The Morgan fingerprint density at radius 3 is 2.88 bits per heavy atom. The van der Waals surface area contributed by atoms with E-state index in [9.17, 15) is 15.0 Å². The van der Waals surface area contributed by atoms with E-state index in [1.807, 2.05) is 0 Å². The Kier molecular flexibility index (Phi) is 3.66. The molecule has 2 unspecified atom stereocenters. The number of hydrogen-bond acceptors (Lipinski definition) is 3. The van der Waals surface area contributed by atoms with Gasteiger partial charge in [-0.2, -0.15) is 0 Å². The Bertz CT molecular complexity index is 436. The summed E-state index contributed by atoms with van der Waals surface area (Å²) in [7, 11) is 0. The average molecular weight is 256 g/mol. The Labute approximate surface area is 104 Å². The van der Waals surface area contributed by atoms with Crippen molar-refractivity contribution < 1.29 is 15.0 Å². The van der Waals surface area contributed by atoms with Gasteiger partial charge < -0.3 is 15.5 Å². The van der Waals surface area contributed by atoms with Crippen LogP contribution in [0.3, 0.4) is 0 Å². The molecule has 0 fully saturated rings. The van der Waals surface area contributed by atoms with Gasteiger partial charge in [0.2, 0.25) is 0 Å². The maximum Gasteiger partial charge on any atom is 0.251 e. The third-order valence-electron chi connectivity index (χ3n) is 2.93. The van der Waals surface area contributed by atoms with Gasteiger partial charge in [-0.3, -0.25) is 4.79 Å². The third kappa shape index (κ3) is 2.44. The van der Waals surface area contributed by atoms with Gasteiger partial charge in [-0.25, -0.2) is 0 Å². The predicted octanol–water partition coefficient (Wildman–Crippen LogP) is 0.953. The monoisotopic (exact) mass is 255 g/mol. The molecule has 4 nitrogen and oxygen atoms in total. The number of fused-ring (bicyclic) bond motifs is 1. The van der Waals surface area contributed by atoms with Gasteiger partial charge in [0.15, 0.2) is 0 Å². The molecule has 1 amide bonds. The van der Waals surface area contributed by atoms with E-state index in [1.54, 1.807) is 18.2 Å². The quantitative estimate of drug-likeness (QED) is 0.702. The topological polar surface area (TPSA) is 69.6 Å². The molecule has 2 atom stereocenters. The van der Waals surface area contributed by atoms with Crippen LogP contribution in [-0.2, 0) is 6.54 Å². The molecule has 2 rings (SSSR count). The molecule has 1 aliphatic heterocycles. The summed E-state index contributed by atoms with van der Waals surface area (Å²) in [5.41, 5.74) is 2.02. The van der Waals surface area contributed by atoms with Crippen molar-refractivity contribution in [3.05, 3.63) is 34.9 Å². The highest BCUT2D eigenvalue weighted by molar-refractivity contribution is 6.17. The van der Waals surface area contributed by atoms with E-state index in [2.05, 4.69) is 5.32 Å². The third-order valence-corrected chi connectivity index (χ3v) is 3.15. The van der Waals surface area contributed by atoms with Gasteiger partial charge in [0.05, 0.1) is 6.10 Å². The molecule has 0 aliphatic carbocycles. The van der Waals surface area contributed by atoms with Gasteiger partial charge in [-0.1, -0.05) is 12.1 Å². The molecule has 3 N–H and O–H groups in total. The summed E-state index contributed by atoms with van der Waals surface area (Å²) in [5.74, 6) is 0.143. The average Bonchev–Trinajstić information content (AvgIpc) is 2.70. The second-order valence-corrected chi connectivity index (χ2v) is 4.47. The number of nitrogens with one attached hydrogen (secondary N) is 1. The zero-order chi connectivity index (χ0) is 12.4. The first-order chi connectivity index (χ1) is 8.13. The van der Waals surface area contributed by atoms with Crippen LogP contribution >= 0.6 is 11.6 Å². The minimum atomic E-state index is -1.01. The SMILES string of the molecule is O=C1NCc2ccc(C(O)C(O)CCCl)cc21. The summed E-state index contributed by atoms with van der Waals surface area (Å²) >= 11 is 5.51. The fourth-order valence-electron chi connectivity index (χ4n) is 1.91. The highest BCUT2D eigenvalue weighted by atomic mass is 35.5. The summed E-state index contributed by atoms with van der Waals surface area (Å²) in [4.78, 5) is 11.5. The van der Waals surface area contributed by atoms with Crippen LogP contribution in [0, 0.1) is 0 Å². The first-order valence-electron chi connectivity index (χ1n) is 5.46. The lowest BCUT2D eigenvalue weighted by atomic mass is 9.98. The lowest BCUT2D eigenvalue weighted by Gasteiger charge is -2.17. The number of benzene rings is 1. The molecule has 1 heterocycles. The van der Waals surface area contributed by atoms with Crippen molar-refractivity contribution in [3.63, 3.8) is 0 Å². The van der Waals surface area contributed by atoms with E-state index < -0.39 is 12.2 Å².